The van der Waals surface area contributed by atoms with E-state index in [-0.39, 0.29) is 24.4 Å². The van der Waals surface area contributed by atoms with Gasteiger partial charge in [-0.25, -0.2) is 4.79 Å². The molecular formula is C27H32O4. The average Bonchev–Trinajstić information content (AvgIpc) is 2.75. The van der Waals surface area contributed by atoms with Crippen LogP contribution in [0.3, 0.4) is 0 Å². The number of rotatable bonds is 11. The number of carbonyl (C=O) groups excluding carboxylic acids is 2. The van der Waals surface area contributed by atoms with Gasteiger partial charge in [0.15, 0.2) is 5.78 Å². The zero-order valence-electron chi connectivity index (χ0n) is 19.0. The molecule has 4 nitrogen and oxygen atoms in total. The molecule has 0 saturated carbocycles. The molecule has 2 aromatic rings. The number of esters is 1. The lowest BCUT2D eigenvalue weighted by Gasteiger charge is -2.26. The summed E-state index contributed by atoms with van der Waals surface area (Å²) in [5.41, 5.74) is 4.31. The quantitative estimate of drug-likeness (QED) is 0.270. The monoisotopic (exact) mass is 420 g/mol. The number of benzene rings is 2. The van der Waals surface area contributed by atoms with Crippen molar-refractivity contribution < 1.29 is 19.1 Å². The van der Waals surface area contributed by atoms with Crippen molar-refractivity contribution >= 4 is 11.8 Å². The minimum Gasteiger partial charge on any atom is -0.490 e. The Labute approximate surface area is 185 Å². The molecule has 31 heavy (non-hydrogen) atoms. The van der Waals surface area contributed by atoms with Crippen molar-refractivity contribution in [1.29, 1.82) is 0 Å². The third kappa shape index (κ3) is 6.95. The summed E-state index contributed by atoms with van der Waals surface area (Å²) in [5, 5.41) is 0. The van der Waals surface area contributed by atoms with Gasteiger partial charge >= 0.3 is 5.97 Å². The fourth-order valence-corrected chi connectivity index (χ4v) is 3.11. The van der Waals surface area contributed by atoms with Gasteiger partial charge in [0.25, 0.3) is 0 Å². The van der Waals surface area contributed by atoms with Crippen molar-refractivity contribution in [1.82, 2.24) is 0 Å². The van der Waals surface area contributed by atoms with Crippen LogP contribution in [-0.4, -0.2) is 25.0 Å². The molecule has 0 aromatic heterocycles. The van der Waals surface area contributed by atoms with Crippen molar-refractivity contribution in [2.75, 3.05) is 13.2 Å². The second-order valence-electron chi connectivity index (χ2n) is 8.31. The van der Waals surface area contributed by atoms with Gasteiger partial charge in [-0.15, -0.1) is 0 Å². The van der Waals surface area contributed by atoms with E-state index in [0.29, 0.717) is 17.6 Å². The molecule has 0 bridgehead atoms. The number of ketones is 1. The van der Waals surface area contributed by atoms with Gasteiger partial charge in [0, 0.05) is 17.4 Å². The van der Waals surface area contributed by atoms with Crippen LogP contribution in [-0.2, 0) is 26.2 Å². The van der Waals surface area contributed by atoms with E-state index in [1.807, 2.05) is 12.1 Å². The molecule has 0 spiro atoms. The Balaban J connectivity index is 1.95. The Morgan fingerprint density at radius 3 is 1.90 bits per heavy atom. The van der Waals surface area contributed by atoms with Crippen LogP contribution in [0.4, 0.5) is 0 Å². The topological polar surface area (TPSA) is 52.6 Å². The number of hydrogen-bond donors (Lipinski definition) is 0. The molecular weight excluding hydrogens is 388 g/mol. The lowest BCUT2D eigenvalue weighted by molar-refractivity contribution is -0.139. The molecule has 2 rings (SSSR count). The number of allylic oxidation sites excluding steroid dienone is 1. The van der Waals surface area contributed by atoms with Crippen LogP contribution in [0.1, 0.15) is 50.8 Å². The van der Waals surface area contributed by atoms with E-state index in [4.69, 9.17) is 9.47 Å². The van der Waals surface area contributed by atoms with Gasteiger partial charge in [0.2, 0.25) is 0 Å². The summed E-state index contributed by atoms with van der Waals surface area (Å²) in [6.45, 7) is 15.4. The second kappa shape index (κ2) is 10.8. The van der Waals surface area contributed by atoms with E-state index < -0.39 is 5.97 Å². The molecule has 2 aromatic carbocycles. The van der Waals surface area contributed by atoms with E-state index >= 15 is 0 Å². The van der Waals surface area contributed by atoms with Crippen molar-refractivity contribution in [3.8, 4) is 5.75 Å². The Kier molecular flexibility index (Phi) is 8.38. The van der Waals surface area contributed by atoms with Crippen molar-refractivity contribution in [2.24, 2.45) is 0 Å². The number of ether oxygens (including phenoxy) is 2. The van der Waals surface area contributed by atoms with E-state index in [0.717, 1.165) is 17.7 Å². The molecule has 164 valence electrons. The minimum absolute atomic E-state index is 0.112. The molecule has 0 saturated heterocycles. The van der Waals surface area contributed by atoms with Crippen LogP contribution in [0.15, 0.2) is 72.8 Å². The first-order chi connectivity index (χ1) is 14.6. The molecule has 0 aliphatic carbocycles. The van der Waals surface area contributed by atoms with Gasteiger partial charge in [-0.3, -0.25) is 4.79 Å². The van der Waals surface area contributed by atoms with Crippen molar-refractivity contribution in [3.63, 3.8) is 0 Å². The predicted octanol–water partition coefficient (Wildman–Crippen LogP) is 5.59. The highest BCUT2D eigenvalue weighted by Crippen LogP contribution is 2.32. The number of carbonyl (C=O) groups is 2. The van der Waals surface area contributed by atoms with Gasteiger partial charge < -0.3 is 9.47 Å². The maximum atomic E-state index is 11.8. The smallest absolute Gasteiger partial charge is 0.333 e. The van der Waals surface area contributed by atoms with E-state index in [9.17, 15) is 9.59 Å². The van der Waals surface area contributed by atoms with Crippen LogP contribution >= 0.6 is 0 Å². The Bertz CT molecular complexity index is 934. The molecule has 0 aliphatic rings. The Hall–Kier alpha value is -3.14. The summed E-state index contributed by atoms with van der Waals surface area (Å²) in [6.07, 6.45) is 1.21. The first-order valence-corrected chi connectivity index (χ1v) is 10.5. The normalized spacial score (nSPS) is 11.0. The average molecular weight is 421 g/mol. The van der Waals surface area contributed by atoms with Gasteiger partial charge in [0.1, 0.15) is 19.0 Å². The molecule has 0 aliphatic heterocycles. The number of aryl methyl sites for hydroxylation is 1. The van der Waals surface area contributed by atoms with Crippen LogP contribution in [0.2, 0.25) is 0 Å². The standard InChI is InChI=1S/C27H32O4/c1-19(2)25(28)16-9-21-7-10-22(11-8-21)27(5,6)23-12-14-24(15-13-23)30-17-18-31-26(29)20(3)4/h7-8,10-15H,1,3,9,16-18H2,2,4-6H3. The third-order valence-corrected chi connectivity index (χ3v) is 5.30. The van der Waals surface area contributed by atoms with Gasteiger partial charge in [-0.2, -0.15) is 0 Å². The Morgan fingerprint density at radius 2 is 1.39 bits per heavy atom. The summed E-state index contributed by atoms with van der Waals surface area (Å²) in [4.78, 5) is 23.1. The fraction of sp³-hybridized carbons (Fsp3) is 0.333. The summed E-state index contributed by atoms with van der Waals surface area (Å²) >= 11 is 0. The number of Topliss-reactive ketones (excluding diaryl/α,β-unsaturated/α-hetero) is 1. The largest absolute Gasteiger partial charge is 0.490 e. The van der Waals surface area contributed by atoms with E-state index in [1.165, 1.54) is 11.1 Å². The highest BCUT2D eigenvalue weighted by Gasteiger charge is 2.23. The SMILES string of the molecule is C=C(C)C(=O)CCc1ccc(C(C)(C)c2ccc(OCCOC(=O)C(=C)C)cc2)cc1. The summed E-state index contributed by atoms with van der Waals surface area (Å²) in [5.74, 6) is 0.429. The first-order valence-electron chi connectivity index (χ1n) is 10.5. The summed E-state index contributed by atoms with van der Waals surface area (Å²) in [7, 11) is 0. The molecule has 0 unspecified atom stereocenters. The lowest BCUT2D eigenvalue weighted by atomic mass is 9.78. The fourth-order valence-electron chi connectivity index (χ4n) is 3.11. The van der Waals surface area contributed by atoms with Crippen LogP contribution in [0.5, 0.6) is 5.75 Å². The van der Waals surface area contributed by atoms with Crippen LogP contribution in [0, 0.1) is 0 Å². The zero-order valence-corrected chi connectivity index (χ0v) is 19.0. The molecule has 0 atom stereocenters. The lowest BCUT2D eigenvalue weighted by Crippen LogP contribution is -2.19. The zero-order chi connectivity index (χ0) is 23.0. The van der Waals surface area contributed by atoms with Crippen LogP contribution < -0.4 is 4.74 Å². The Morgan fingerprint density at radius 1 is 0.839 bits per heavy atom. The van der Waals surface area contributed by atoms with Crippen molar-refractivity contribution in [2.45, 2.75) is 46.0 Å². The molecule has 0 N–H and O–H groups in total. The van der Waals surface area contributed by atoms with Gasteiger partial charge in [-0.05, 0) is 54.7 Å². The highest BCUT2D eigenvalue weighted by molar-refractivity contribution is 5.94. The first kappa shape index (κ1) is 24.1. The highest BCUT2D eigenvalue weighted by atomic mass is 16.6. The molecule has 0 fully saturated rings. The van der Waals surface area contributed by atoms with E-state index in [1.54, 1.807) is 13.8 Å². The summed E-state index contributed by atoms with van der Waals surface area (Å²) < 4.78 is 10.7. The van der Waals surface area contributed by atoms with E-state index in [2.05, 4.69) is 63.4 Å². The third-order valence-electron chi connectivity index (χ3n) is 5.30. The molecule has 4 heteroatoms. The molecule has 0 heterocycles. The second-order valence-corrected chi connectivity index (χ2v) is 8.31. The maximum absolute atomic E-state index is 11.8. The minimum atomic E-state index is -0.408. The number of hydrogen-bond acceptors (Lipinski definition) is 4. The summed E-state index contributed by atoms with van der Waals surface area (Å²) in [6, 6.07) is 16.4. The molecule has 0 amide bonds. The van der Waals surface area contributed by atoms with Crippen LogP contribution in [0.25, 0.3) is 0 Å². The maximum Gasteiger partial charge on any atom is 0.333 e. The predicted molar refractivity (Wildman–Crippen MR) is 124 cm³/mol. The van der Waals surface area contributed by atoms with Gasteiger partial charge in [0.05, 0.1) is 0 Å². The van der Waals surface area contributed by atoms with Crippen molar-refractivity contribution in [3.05, 3.63) is 89.5 Å². The molecule has 0 radical (unpaired) electrons. The van der Waals surface area contributed by atoms with Gasteiger partial charge in [-0.1, -0.05) is 63.4 Å².